The second-order valence-corrected chi connectivity index (χ2v) is 8.86. The van der Waals surface area contributed by atoms with Gasteiger partial charge in [-0.2, -0.15) is 4.99 Å². The molecule has 0 radical (unpaired) electrons. The summed E-state index contributed by atoms with van der Waals surface area (Å²) >= 11 is 6.02. The quantitative estimate of drug-likeness (QED) is 0.384. The van der Waals surface area contributed by atoms with Gasteiger partial charge < -0.3 is 9.84 Å². The topological polar surface area (TPSA) is 85.8 Å². The Morgan fingerprint density at radius 3 is 2.35 bits per heavy atom. The highest BCUT2D eigenvalue weighted by Gasteiger charge is 2.19. The number of nitrogens with zero attached hydrogens (tertiary/aromatic N) is 3. The van der Waals surface area contributed by atoms with Gasteiger partial charge in [-0.1, -0.05) is 48.4 Å². The number of aliphatic imine (C=N–C) groups is 1. The predicted molar refractivity (Wildman–Crippen MR) is 136 cm³/mol. The molecule has 2 aromatic carbocycles. The summed E-state index contributed by atoms with van der Waals surface area (Å²) in [7, 11) is 1.58. The third-order valence-electron chi connectivity index (χ3n) is 5.61. The first-order valence-corrected chi connectivity index (χ1v) is 11.6. The number of aryl methyl sites for hydroxylation is 1. The van der Waals surface area contributed by atoms with Gasteiger partial charge in [0.25, 0.3) is 5.56 Å². The molecule has 0 bridgehead atoms. The minimum Gasteiger partial charge on any atom is -0.443 e. The van der Waals surface area contributed by atoms with Gasteiger partial charge >= 0.3 is 5.69 Å². The van der Waals surface area contributed by atoms with Crippen molar-refractivity contribution in [3.05, 3.63) is 91.1 Å². The lowest BCUT2D eigenvalue weighted by molar-refractivity contribution is 0.277. The van der Waals surface area contributed by atoms with Gasteiger partial charge in [-0.05, 0) is 56.5 Å². The first kappa shape index (κ1) is 25.5. The van der Waals surface area contributed by atoms with Crippen LogP contribution < -0.4 is 16.0 Å². The maximum atomic E-state index is 12.9. The van der Waals surface area contributed by atoms with E-state index in [-0.39, 0.29) is 24.9 Å². The summed E-state index contributed by atoms with van der Waals surface area (Å²) in [4.78, 5) is 30.4. The Kier molecular flexibility index (Phi) is 8.47. The second-order valence-electron chi connectivity index (χ2n) is 8.42. The molecule has 0 amide bonds. The lowest BCUT2D eigenvalue weighted by Gasteiger charge is -2.18. The smallest absolute Gasteiger partial charge is 0.332 e. The van der Waals surface area contributed by atoms with Crippen LogP contribution in [0.25, 0.3) is 0 Å². The van der Waals surface area contributed by atoms with Crippen molar-refractivity contribution in [2.24, 2.45) is 18.0 Å². The molecule has 1 atom stereocenters. The van der Waals surface area contributed by atoms with Crippen molar-refractivity contribution in [2.75, 3.05) is 6.61 Å². The van der Waals surface area contributed by atoms with Crippen LogP contribution in [0.3, 0.4) is 0 Å². The molecule has 0 saturated heterocycles. The van der Waals surface area contributed by atoms with E-state index in [0.29, 0.717) is 35.1 Å². The summed E-state index contributed by atoms with van der Waals surface area (Å²) in [5.74, 6) is 1.10. The van der Waals surface area contributed by atoms with E-state index in [9.17, 15) is 9.59 Å². The van der Waals surface area contributed by atoms with Gasteiger partial charge in [0.1, 0.15) is 11.6 Å². The number of hydrogen-bond acceptors (Lipinski definition) is 5. The van der Waals surface area contributed by atoms with Crippen molar-refractivity contribution >= 4 is 23.3 Å². The number of rotatable bonds is 8. The summed E-state index contributed by atoms with van der Waals surface area (Å²) in [6.07, 6.45) is 0.944. The van der Waals surface area contributed by atoms with Gasteiger partial charge in [-0.25, -0.2) is 4.79 Å². The highest BCUT2D eigenvalue weighted by molar-refractivity contribution is 6.30. The van der Waals surface area contributed by atoms with Crippen LogP contribution in [0.1, 0.15) is 30.0 Å². The highest BCUT2D eigenvalue weighted by Crippen LogP contribution is 2.21. The Bertz CT molecular complexity index is 1240. The molecule has 0 unspecified atom stereocenters. The molecule has 0 aliphatic rings. The molecule has 0 aliphatic heterocycles. The molecule has 0 fully saturated rings. The van der Waals surface area contributed by atoms with Gasteiger partial charge in [-0.3, -0.25) is 13.9 Å². The van der Waals surface area contributed by atoms with Crippen LogP contribution in [0.15, 0.2) is 63.1 Å². The van der Waals surface area contributed by atoms with Crippen molar-refractivity contribution in [3.63, 3.8) is 0 Å². The Labute approximate surface area is 203 Å². The molecular formula is C26H30ClN3O4. The van der Waals surface area contributed by atoms with Crippen molar-refractivity contribution < 1.29 is 9.84 Å². The zero-order chi connectivity index (χ0) is 24.8. The van der Waals surface area contributed by atoms with E-state index in [1.807, 2.05) is 62.4 Å². The van der Waals surface area contributed by atoms with Crippen molar-refractivity contribution in [1.82, 2.24) is 9.13 Å². The number of benzene rings is 2. The minimum absolute atomic E-state index is 0.106. The van der Waals surface area contributed by atoms with Gasteiger partial charge in [-0.15, -0.1) is 0 Å². The average molecular weight is 484 g/mol. The lowest BCUT2D eigenvalue weighted by atomic mass is 10.0. The Morgan fingerprint density at radius 2 is 1.74 bits per heavy atom. The summed E-state index contributed by atoms with van der Waals surface area (Å²) in [5, 5.41) is 9.77. The largest absolute Gasteiger partial charge is 0.443 e. The van der Waals surface area contributed by atoms with Crippen LogP contribution in [0.2, 0.25) is 5.02 Å². The van der Waals surface area contributed by atoms with Crippen LogP contribution in [0, 0.1) is 19.8 Å². The third-order valence-corrected chi connectivity index (χ3v) is 5.86. The SMILES string of the molecule is Cc1ccc(OC(=Nc2c(C)c(=O)n(CCCO)c(=O)n2C)[C@@H](C)Cc2ccc(Cl)cc2)cc1. The lowest BCUT2D eigenvalue weighted by Crippen LogP contribution is -2.40. The van der Waals surface area contributed by atoms with E-state index in [4.69, 9.17) is 26.4 Å². The Balaban J connectivity index is 2.06. The Morgan fingerprint density at radius 1 is 1.09 bits per heavy atom. The van der Waals surface area contributed by atoms with Crippen LogP contribution in [-0.2, 0) is 20.0 Å². The fourth-order valence-electron chi connectivity index (χ4n) is 3.62. The summed E-state index contributed by atoms with van der Waals surface area (Å²) in [6.45, 7) is 5.66. The van der Waals surface area contributed by atoms with Crippen LogP contribution >= 0.6 is 11.6 Å². The van der Waals surface area contributed by atoms with Gasteiger partial charge in [0.2, 0.25) is 0 Å². The second kappa shape index (κ2) is 11.3. The zero-order valence-electron chi connectivity index (χ0n) is 19.9. The molecule has 8 heteroatoms. The van der Waals surface area contributed by atoms with E-state index in [1.54, 1.807) is 14.0 Å². The average Bonchev–Trinajstić information content (AvgIpc) is 2.82. The fourth-order valence-corrected chi connectivity index (χ4v) is 3.75. The molecule has 1 heterocycles. The maximum absolute atomic E-state index is 12.9. The van der Waals surface area contributed by atoms with Crippen molar-refractivity contribution in [3.8, 4) is 5.75 Å². The molecule has 0 aliphatic carbocycles. The van der Waals surface area contributed by atoms with Crippen molar-refractivity contribution in [1.29, 1.82) is 0 Å². The summed E-state index contributed by atoms with van der Waals surface area (Å²) in [6, 6.07) is 15.2. The monoisotopic (exact) mass is 483 g/mol. The standard InChI is InChI=1S/C26H30ClN3O4/c1-17-6-12-22(13-7-17)34-24(18(2)16-20-8-10-21(27)11-9-20)28-23-19(3)25(32)30(14-5-15-31)26(33)29(23)4/h6-13,18,31H,5,14-16H2,1-4H3/t18-/m0/s1. The van der Waals surface area contributed by atoms with Gasteiger partial charge in [0.15, 0.2) is 5.90 Å². The maximum Gasteiger partial charge on any atom is 0.332 e. The number of aliphatic hydroxyl groups is 1. The highest BCUT2D eigenvalue weighted by atomic mass is 35.5. The molecular weight excluding hydrogens is 454 g/mol. The fraction of sp³-hybridized carbons (Fsp3) is 0.346. The number of ether oxygens (including phenoxy) is 1. The molecule has 3 aromatic rings. The molecule has 1 aromatic heterocycles. The zero-order valence-corrected chi connectivity index (χ0v) is 20.7. The number of halogens is 1. The number of aliphatic hydroxyl groups excluding tert-OH is 1. The van der Waals surface area contributed by atoms with E-state index in [1.165, 1.54) is 4.57 Å². The van der Waals surface area contributed by atoms with Crippen LogP contribution in [-0.4, -0.2) is 26.7 Å². The molecule has 34 heavy (non-hydrogen) atoms. The van der Waals surface area contributed by atoms with Crippen LogP contribution in [0.5, 0.6) is 5.75 Å². The van der Waals surface area contributed by atoms with Gasteiger partial charge in [0.05, 0.1) is 5.56 Å². The number of aromatic nitrogens is 2. The molecule has 1 N–H and O–H groups in total. The van der Waals surface area contributed by atoms with Crippen molar-refractivity contribution in [2.45, 2.75) is 40.2 Å². The normalized spacial score (nSPS) is 12.6. The third kappa shape index (κ3) is 6.04. The van der Waals surface area contributed by atoms with Gasteiger partial charge in [0, 0.05) is 31.1 Å². The molecule has 180 valence electrons. The Hall–Kier alpha value is -3.16. The molecule has 3 rings (SSSR count). The molecule has 0 spiro atoms. The number of hydrogen-bond donors (Lipinski definition) is 1. The van der Waals surface area contributed by atoms with E-state index < -0.39 is 11.2 Å². The predicted octanol–water partition coefficient (Wildman–Crippen LogP) is 4.19. The van der Waals surface area contributed by atoms with E-state index >= 15 is 0 Å². The first-order valence-electron chi connectivity index (χ1n) is 11.2. The summed E-state index contributed by atoms with van der Waals surface area (Å²) in [5.41, 5.74) is 1.59. The van der Waals surface area contributed by atoms with E-state index in [2.05, 4.69) is 0 Å². The first-order chi connectivity index (χ1) is 16.2. The molecule has 0 saturated carbocycles. The minimum atomic E-state index is -0.483. The summed E-state index contributed by atoms with van der Waals surface area (Å²) < 4.78 is 8.66. The van der Waals surface area contributed by atoms with Crippen LogP contribution in [0.4, 0.5) is 5.82 Å². The van der Waals surface area contributed by atoms with E-state index in [0.717, 1.165) is 15.7 Å². The molecule has 7 nitrogen and oxygen atoms in total.